The number of likely N-dealkylation sites (tertiary alicyclic amines) is 2. The van der Waals surface area contributed by atoms with E-state index in [4.69, 9.17) is 29.8 Å². The zero-order valence-corrected chi connectivity index (χ0v) is 43.6. The minimum atomic E-state index is -1.44. The van der Waals surface area contributed by atoms with Crippen molar-refractivity contribution in [3.63, 3.8) is 0 Å². The number of aliphatic hydroxyl groups is 2. The van der Waals surface area contributed by atoms with Gasteiger partial charge < -0.3 is 55.1 Å². The Morgan fingerprint density at radius 1 is 0.600 bits per heavy atom. The van der Waals surface area contributed by atoms with E-state index < -0.39 is 59.4 Å². The molecule has 21 heteroatoms. The molecule has 2 aliphatic carbocycles. The third kappa shape index (κ3) is 13.9. The summed E-state index contributed by atoms with van der Waals surface area (Å²) in [6.45, 7) is 5.82. The number of fused-ring (bicyclic) bond motifs is 2. The number of halogens is 2. The number of hydrogen-bond donors (Lipinski definition) is 5. The van der Waals surface area contributed by atoms with Crippen molar-refractivity contribution in [2.75, 3.05) is 65.7 Å². The molecule has 4 aliphatic heterocycles. The SMILES string of the molecule is C.N[C@H](CN1CCCC1)[C@H](O)c1cc(F)c2c(c1)OCCO2.O=C(N[C@H](CN1CCCC1)[C@H](O)c1cc(F)c2c(c1)OCCO2)C(=O)c1ccc(-c2ccn(C3CC3)n2)cc1.O=C(O)C(=O)c1ccc(-c2ccn(C3CC3)n2)cc1. The summed E-state index contributed by atoms with van der Waals surface area (Å²) in [5.74, 6) is -4.37. The second-order valence-corrected chi connectivity index (χ2v) is 20.6. The first kappa shape index (κ1) is 57.1. The van der Waals surface area contributed by atoms with Gasteiger partial charge in [0, 0.05) is 53.8 Å². The van der Waals surface area contributed by atoms with Crippen molar-refractivity contribution in [2.24, 2.45) is 5.73 Å². The summed E-state index contributed by atoms with van der Waals surface area (Å²) in [6, 6.07) is 22.4. The number of carbonyl (C=O) groups excluding carboxylic acids is 3. The van der Waals surface area contributed by atoms with Crippen LogP contribution in [0.5, 0.6) is 23.0 Å². The van der Waals surface area contributed by atoms with E-state index in [1.54, 1.807) is 42.5 Å². The molecule has 424 valence electrons. The van der Waals surface area contributed by atoms with Crippen molar-refractivity contribution >= 4 is 23.4 Å². The van der Waals surface area contributed by atoms with E-state index in [1.807, 2.05) is 33.9 Å². The molecule has 2 saturated heterocycles. The van der Waals surface area contributed by atoms with Crippen molar-refractivity contribution in [3.05, 3.63) is 131 Å². The lowest BCUT2D eigenvalue weighted by atomic mass is 9.99. The average molecular weight is 1100 g/mol. The van der Waals surface area contributed by atoms with Crippen LogP contribution in [0.2, 0.25) is 0 Å². The van der Waals surface area contributed by atoms with Crippen LogP contribution in [0, 0.1) is 11.6 Å². The molecule has 0 spiro atoms. The number of aromatic nitrogens is 4. The van der Waals surface area contributed by atoms with Gasteiger partial charge in [-0.1, -0.05) is 56.0 Å². The topological polar surface area (TPSA) is 246 Å². The number of rotatable bonds is 17. The minimum absolute atomic E-state index is 0. The zero-order valence-electron chi connectivity index (χ0n) is 43.6. The van der Waals surface area contributed by atoms with Gasteiger partial charge in [0.2, 0.25) is 5.78 Å². The lowest BCUT2D eigenvalue weighted by Crippen LogP contribution is -2.48. The number of carbonyl (C=O) groups is 4. The zero-order chi connectivity index (χ0) is 55.2. The molecular weight excluding hydrogens is 1030 g/mol. The Kier molecular flexibility index (Phi) is 18.4. The predicted molar refractivity (Wildman–Crippen MR) is 291 cm³/mol. The van der Waals surface area contributed by atoms with Crippen LogP contribution in [-0.4, -0.2) is 146 Å². The number of nitrogens with one attached hydrogen (secondary N) is 1. The molecule has 0 unspecified atom stereocenters. The first-order chi connectivity index (χ1) is 38.3. The fourth-order valence-corrected chi connectivity index (χ4v) is 10.1. The van der Waals surface area contributed by atoms with E-state index in [1.165, 1.54) is 56.0 Å². The van der Waals surface area contributed by atoms with Gasteiger partial charge in [0.25, 0.3) is 11.7 Å². The van der Waals surface area contributed by atoms with E-state index in [9.17, 15) is 38.2 Å². The number of carboxylic acid groups (broad SMARTS) is 1. The standard InChI is InChI=1S/C29H31FN4O5.C15H21FN2O3.C14H12N2O3.CH4/c30-22-15-20(16-25-28(22)39-14-13-38-25)26(35)24(17-33-10-1-2-11-33)31-29(37)27(36)19-5-3-18(4-6-19)23-9-12-34(32-23)21-7-8-21;16-11-7-10(8-13-15(11)21-6-5-20-13)14(19)12(17)9-18-3-1-2-4-18;17-13(14(18)19)10-3-1-9(2-4-10)12-7-8-16(15-12)11-5-6-11;/h3-6,9,12,15-16,21,24,26,35H,1-2,7-8,10-11,13-14,17H2,(H,31,37);7-8,12,14,19H,1-6,9,17H2;1-4,7-8,11H,5-6H2,(H,18,19);1H4/t24-,26-;12-,14-;;/m11../s1. The average Bonchev–Trinajstić information content (AvgIpc) is 4.18. The van der Waals surface area contributed by atoms with Gasteiger partial charge in [0.1, 0.15) is 32.5 Å². The highest BCUT2D eigenvalue weighted by Gasteiger charge is 2.32. The summed E-state index contributed by atoms with van der Waals surface area (Å²) < 4.78 is 54.1. The maximum Gasteiger partial charge on any atom is 0.377 e. The molecule has 4 fully saturated rings. The highest BCUT2D eigenvalue weighted by Crippen LogP contribution is 2.39. The van der Waals surface area contributed by atoms with Crippen LogP contribution >= 0.6 is 0 Å². The summed E-state index contributed by atoms with van der Waals surface area (Å²) in [5.41, 5.74) is 10.5. The van der Waals surface area contributed by atoms with E-state index in [2.05, 4.69) is 25.3 Å². The van der Waals surface area contributed by atoms with Gasteiger partial charge in [-0.2, -0.15) is 10.2 Å². The molecule has 6 heterocycles. The fraction of sp³-hybridized carbons (Fsp3) is 0.424. The van der Waals surface area contributed by atoms with Crippen LogP contribution in [0.4, 0.5) is 8.78 Å². The monoisotopic (exact) mass is 1100 g/mol. The minimum Gasteiger partial charge on any atom is -0.486 e. The van der Waals surface area contributed by atoms with Crippen LogP contribution in [-0.2, 0) is 9.59 Å². The van der Waals surface area contributed by atoms with E-state index in [0.29, 0.717) is 49.7 Å². The van der Waals surface area contributed by atoms with Crippen LogP contribution in [0.25, 0.3) is 22.5 Å². The Hall–Kier alpha value is -7.56. The number of carboxylic acids is 1. The number of amides is 1. The fourth-order valence-electron chi connectivity index (χ4n) is 10.1. The van der Waals surface area contributed by atoms with Gasteiger partial charge in [-0.15, -0.1) is 0 Å². The molecule has 6 aromatic rings. The maximum absolute atomic E-state index is 14.7. The molecule has 80 heavy (non-hydrogen) atoms. The Morgan fingerprint density at radius 2 is 1.02 bits per heavy atom. The molecule has 1 amide bonds. The van der Waals surface area contributed by atoms with Crippen molar-refractivity contribution in [1.82, 2.24) is 34.7 Å². The lowest BCUT2D eigenvalue weighted by Gasteiger charge is -2.29. The van der Waals surface area contributed by atoms with Gasteiger partial charge >= 0.3 is 5.97 Å². The summed E-state index contributed by atoms with van der Waals surface area (Å²) in [4.78, 5) is 52.3. The number of ether oxygens (including phenoxy) is 4. The number of nitrogens with two attached hydrogens (primary N) is 1. The van der Waals surface area contributed by atoms with E-state index >= 15 is 0 Å². The van der Waals surface area contributed by atoms with Gasteiger partial charge in [0.15, 0.2) is 34.6 Å². The highest BCUT2D eigenvalue weighted by molar-refractivity contribution is 6.43. The van der Waals surface area contributed by atoms with E-state index in [0.717, 1.165) is 74.4 Å². The van der Waals surface area contributed by atoms with Gasteiger partial charge in [-0.3, -0.25) is 23.7 Å². The Labute approximate surface area is 462 Å². The summed E-state index contributed by atoms with van der Waals surface area (Å²) in [7, 11) is 0. The molecule has 4 aromatic carbocycles. The molecule has 19 nitrogen and oxygen atoms in total. The van der Waals surface area contributed by atoms with Crippen molar-refractivity contribution in [2.45, 2.75) is 95.2 Å². The van der Waals surface area contributed by atoms with Crippen molar-refractivity contribution in [1.29, 1.82) is 0 Å². The first-order valence-electron chi connectivity index (χ1n) is 26.9. The number of aliphatic carboxylic acids is 1. The van der Waals surface area contributed by atoms with Gasteiger partial charge in [-0.05, 0) is 125 Å². The molecular formula is C59H68F2N8O11. The second-order valence-electron chi connectivity index (χ2n) is 20.6. The molecule has 0 bridgehead atoms. The molecule has 6 aliphatic rings. The summed E-state index contributed by atoms with van der Waals surface area (Å²) >= 11 is 0. The van der Waals surface area contributed by atoms with Crippen LogP contribution < -0.4 is 30.0 Å². The van der Waals surface area contributed by atoms with Gasteiger partial charge in [-0.25, -0.2) is 13.6 Å². The quantitative estimate of drug-likeness (QED) is 0.0450. The van der Waals surface area contributed by atoms with E-state index in [-0.39, 0.29) is 54.6 Å². The molecule has 4 atom stereocenters. The molecule has 12 rings (SSSR count). The Bertz CT molecular complexity index is 3130. The summed E-state index contributed by atoms with van der Waals surface area (Å²) in [5, 5.41) is 42.0. The first-order valence-corrected chi connectivity index (χ1v) is 26.9. The molecule has 0 radical (unpaired) electrons. The normalized spacial score (nSPS) is 18.0. The third-order valence-corrected chi connectivity index (χ3v) is 14.7. The van der Waals surface area contributed by atoms with Gasteiger partial charge in [0.05, 0.1) is 35.6 Å². The van der Waals surface area contributed by atoms with Crippen molar-refractivity contribution < 1.29 is 62.2 Å². The lowest BCUT2D eigenvalue weighted by molar-refractivity contribution is -0.131. The number of benzene rings is 4. The summed E-state index contributed by atoms with van der Waals surface area (Å²) in [6.07, 6.45) is 10.7. The number of Topliss-reactive ketones (excluding diaryl/α,β-unsaturated/α-hetero) is 2. The Morgan fingerprint density at radius 3 is 1.48 bits per heavy atom. The van der Waals surface area contributed by atoms with Crippen LogP contribution in [0.1, 0.15) is 115 Å². The number of aliphatic hydroxyl groups excluding tert-OH is 2. The predicted octanol–water partition coefficient (Wildman–Crippen LogP) is 7.13. The number of nitrogens with zero attached hydrogens (tertiary/aromatic N) is 6. The van der Waals surface area contributed by atoms with Crippen LogP contribution in [0.15, 0.2) is 97.3 Å². The second kappa shape index (κ2) is 25.7. The maximum atomic E-state index is 14.7. The van der Waals surface area contributed by atoms with Crippen molar-refractivity contribution in [3.8, 4) is 45.5 Å². The smallest absolute Gasteiger partial charge is 0.377 e. The molecule has 2 saturated carbocycles. The van der Waals surface area contributed by atoms with Crippen LogP contribution in [0.3, 0.4) is 0 Å². The largest absolute Gasteiger partial charge is 0.486 e. The third-order valence-electron chi connectivity index (χ3n) is 14.7. The highest BCUT2D eigenvalue weighted by atomic mass is 19.1. The Balaban J connectivity index is 0.000000159. The number of ketones is 2. The molecule has 2 aromatic heterocycles. The molecule has 6 N–H and O–H groups in total. The number of hydrogen-bond acceptors (Lipinski definition) is 15.